The molecular weight excluding hydrogens is 194 g/mol. The molecule has 0 aliphatic rings. The largest absolute Gasteiger partial charge is 0.326 e. The van der Waals surface area contributed by atoms with Crippen molar-refractivity contribution in [2.24, 2.45) is 0 Å². The van der Waals surface area contributed by atoms with E-state index in [2.05, 4.69) is 17.9 Å². The van der Waals surface area contributed by atoms with Crippen LogP contribution in [0.5, 0.6) is 0 Å². The highest BCUT2D eigenvalue weighted by atomic mass is 32.1. The van der Waals surface area contributed by atoms with E-state index in [-0.39, 0.29) is 5.91 Å². The predicted molar refractivity (Wildman–Crippen MR) is 63.0 cm³/mol. The van der Waals surface area contributed by atoms with Gasteiger partial charge in [0.25, 0.3) is 0 Å². The van der Waals surface area contributed by atoms with E-state index in [4.69, 9.17) is 0 Å². The number of hydrogen-bond acceptors (Lipinski definition) is 2. The minimum absolute atomic E-state index is 0.0358. The molecule has 0 aromatic heterocycles. The van der Waals surface area contributed by atoms with E-state index >= 15 is 0 Å². The third kappa shape index (κ3) is 3.07. The van der Waals surface area contributed by atoms with Crippen LogP contribution in [0.25, 0.3) is 0 Å². The van der Waals surface area contributed by atoms with Gasteiger partial charge in [-0.15, -0.1) is 0 Å². The molecule has 0 unspecified atom stereocenters. The average molecular weight is 209 g/mol. The molecule has 0 heterocycles. The molecule has 2 nitrogen and oxygen atoms in total. The first-order chi connectivity index (χ1) is 6.63. The molecule has 3 heteroatoms. The zero-order valence-corrected chi connectivity index (χ0v) is 9.40. The molecule has 1 aromatic carbocycles. The fraction of sp³-hybridized carbons (Fsp3) is 0.364. The van der Waals surface area contributed by atoms with Gasteiger partial charge in [0.1, 0.15) is 0 Å². The molecule has 14 heavy (non-hydrogen) atoms. The Bertz CT molecular complexity index is 336. The summed E-state index contributed by atoms with van der Waals surface area (Å²) in [6, 6.07) is 5.95. The second-order valence-electron chi connectivity index (χ2n) is 3.30. The van der Waals surface area contributed by atoms with Crippen molar-refractivity contribution in [2.45, 2.75) is 20.3 Å². The zero-order valence-electron chi connectivity index (χ0n) is 8.50. The van der Waals surface area contributed by atoms with Gasteiger partial charge in [0.15, 0.2) is 0 Å². The quantitative estimate of drug-likeness (QED) is 0.735. The number of aryl methyl sites for hydroxylation is 2. The molecular formula is C11H15NOS. The molecule has 0 radical (unpaired) electrons. The van der Waals surface area contributed by atoms with Crippen molar-refractivity contribution in [2.75, 3.05) is 11.1 Å². The minimum Gasteiger partial charge on any atom is -0.326 e. The molecule has 0 aliphatic carbocycles. The number of carbonyl (C=O) groups excluding carboxylic acids is 1. The number of benzene rings is 1. The van der Waals surface area contributed by atoms with E-state index < -0.39 is 0 Å². The van der Waals surface area contributed by atoms with Gasteiger partial charge >= 0.3 is 0 Å². The third-order valence-electron chi connectivity index (χ3n) is 2.04. The highest BCUT2D eigenvalue weighted by Crippen LogP contribution is 2.15. The number of rotatable bonds is 3. The molecule has 76 valence electrons. The van der Waals surface area contributed by atoms with Crippen molar-refractivity contribution >= 4 is 24.2 Å². The number of thiol groups is 1. The van der Waals surface area contributed by atoms with Crippen LogP contribution in [-0.2, 0) is 11.2 Å². The van der Waals surface area contributed by atoms with Crippen molar-refractivity contribution in [3.8, 4) is 0 Å². The molecule has 1 N–H and O–H groups in total. The lowest BCUT2D eigenvalue weighted by molar-refractivity contribution is -0.114. The average Bonchev–Trinajstić information content (AvgIpc) is 2.09. The molecule has 0 fully saturated rings. The summed E-state index contributed by atoms with van der Waals surface area (Å²) in [5, 5.41) is 2.76. The summed E-state index contributed by atoms with van der Waals surface area (Å²) in [4.78, 5) is 10.8. The summed E-state index contributed by atoms with van der Waals surface area (Å²) < 4.78 is 0. The van der Waals surface area contributed by atoms with Gasteiger partial charge < -0.3 is 5.32 Å². The summed E-state index contributed by atoms with van der Waals surface area (Å²) in [5.74, 6) is 0.812. The number of hydrogen-bond donors (Lipinski definition) is 2. The van der Waals surface area contributed by atoms with E-state index in [1.54, 1.807) is 0 Å². The molecule has 0 saturated heterocycles. The van der Waals surface area contributed by atoms with Crippen LogP contribution in [0.4, 0.5) is 5.69 Å². The highest BCUT2D eigenvalue weighted by molar-refractivity contribution is 7.80. The van der Waals surface area contributed by atoms with E-state index in [1.165, 1.54) is 18.1 Å². The maximum absolute atomic E-state index is 10.8. The van der Waals surface area contributed by atoms with E-state index in [0.717, 1.165) is 17.9 Å². The molecule has 1 rings (SSSR count). The van der Waals surface area contributed by atoms with Crippen molar-refractivity contribution in [1.29, 1.82) is 0 Å². The van der Waals surface area contributed by atoms with Gasteiger partial charge in [-0.3, -0.25) is 4.79 Å². The lowest BCUT2D eigenvalue weighted by Crippen LogP contribution is -2.06. The summed E-state index contributed by atoms with van der Waals surface area (Å²) >= 11 is 4.19. The van der Waals surface area contributed by atoms with Gasteiger partial charge in [0.2, 0.25) is 5.91 Å². The van der Waals surface area contributed by atoms with Crippen LogP contribution in [0.2, 0.25) is 0 Å². The maximum atomic E-state index is 10.8. The first-order valence-corrected chi connectivity index (χ1v) is 5.24. The Labute approximate surface area is 90.1 Å². The fourth-order valence-corrected chi connectivity index (χ4v) is 1.62. The second kappa shape index (κ2) is 5.05. The van der Waals surface area contributed by atoms with Gasteiger partial charge in [-0.1, -0.05) is 6.07 Å². The normalized spacial score (nSPS) is 9.93. The molecule has 0 atom stereocenters. The van der Waals surface area contributed by atoms with E-state index in [0.29, 0.717) is 0 Å². The summed E-state index contributed by atoms with van der Waals surface area (Å²) in [7, 11) is 0. The zero-order chi connectivity index (χ0) is 10.6. The Morgan fingerprint density at radius 3 is 2.71 bits per heavy atom. The number of carbonyl (C=O) groups is 1. The Morgan fingerprint density at radius 2 is 2.21 bits per heavy atom. The standard InChI is InChI=1S/C11H15NOS/c1-8-7-11(12-9(2)13)4-3-10(8)5-6-14/h3-4,7,14H,5-6H2,1-2H3,(H,12,13). The van der Waals surface area contributed by atoms with E-state index in [1.807, 2.05) is 25.1 Å². The first-order valence-electron chi connectivity index (χ1n) is 4.61. The van der Waals surface area contributed by atoms with Gasteiger partial charge in [-0.05, 0) is 42.4 Å². The lowest BCUT2D eigenvalue weighted by Gasteiger charge is -2.07. The topological polar surface area (TPSA) is 29.1 Å². The monoisotopic (exact) mass is 209 g/mol. The molecule has 0 aliphatic heterocycles. The molecule has 0 saturated carbocycles. The molecule has 0 spiro atoms. The Morgan fingerprint density at radius 1 is 1.50 bits per heavy atom. The van der Waals surface area contributed by atoms with Crippen LogP contribution in [0.1, 0.15) is 18.1 Å². The lowest BCUT2D eigenvalue weighted by atomic mass is 10.1. The second-order valence-corrected chi connectivity index (χ2v) is 3.74. The van der Waals surface area contributed by atoms with Gasteiger partial charge in [0.05, 0.1) is 0 Å². The highest BCUT2D eigenvalue weighted by Gasteiger charge is 2.00. The van der Waals surface area contributed by atoms with Crippen molar-refractivity contribution in [1.82, 2.24) is 0 Å². The van der Waals surface area contributed by atoms with Crippen LogP contribution in [0.3, 0.4) is 0 Å². The minimum atomic E-state index is -0.0358. The van der Waals surface area contributed by atoms with Gasteiger partial charge in [-0.25, -0.2) is 0 Å². The Balaban J connectivity index is 2.83. The number of anilines is 1. The maximum Gasteiger partial charge on any atom is 0.221 e. The van der Waals surface area contributed by atoms with Crippen molar-refractivity contribution in [3.63, 3.8) is 0 Å². The number of amides is 1. The van der Waals surface area contributed by atoms with E-state index in [9.17, 15) is 4.79 Å². The molecule has 0 bridgehead atoms. The summed E-state index contributed by atoms with van der Waals surface area (Å²) in [6.45, 7) is 3.56. The van der Waals surface area contributed by atoms with Crippen LogP contribution >= 0.6 is 12.6 Å². The first kappa shape index (κ1) is 11.1. The van der Waals surface area contributed by atoms with Gasteiger partial charge in [0, 0.05) is 12.6 Å². The smallest absolute Gasteiger partial charge is 0.221 e. The van der Waals surface area contributed by atoms with Gasteiger partial charge in [-0.2, -0.15) is 12.6 Å². The van der Waals surface area contributed by atoms with Crippen LogP contribution in [0, 0.1) is 6.92 Å². The third-order valence-corrected chi connectivity index (χ3v) is 2.27. The Hall–Kier alpha value is -0.960. The molecule has 1 amide bonds. The summed E-state index contributed by atoms with van der Waals surface area (Å²) in [5.41, 5.74) is 3.34. The van der Waals surface area contributed by atoms with Crippen LogP contribution < -0.4 is 5.32 Å². The SMILES string of the molecule is CC(=O)Nc1ccc(CCS)c(C)c1. The molecule has 1 aromatic rings. The summed E-state index contributed by atoms with van der Waals surface area (Å²) in [6.07, 6.45) is 0.968. The number of nitrogens with one attached hydrogen (secondary N) is 1. The van der Waals surface area contributed by atoms with Crippen molar-refractivity contribution in [3.05, 3.63) is 29.3 Å². The van der Waals surface area contributed by atoms with Crippen LogP contribution in [0.15, 0.2) is 18.2 Å². The Kier molecular flexibility index (Phi) is 4.01. The van der Waals surface area contributed by atoms with Crippen molar-refractivity contribution < 1.29 is 4.79 Å². The predicted octanol–water partition coefficient (Wildman–Crippen LogP) is 2.43. The van der Waals surface area contributed by atoms with Crippen LogP contribution in [-0.4, -0.2) is 11.7 Å². The fourth-order valence-electron chi connectivity index (χ4n) is 1.38.